The Kier molecular flexibility index (Phi) is 3.85. The molecule has 0 saturated heterocycles. The molecule has 1 N–H and O–H groups in total. The van der Waals surface area contributed by atoms with E-state index in [1.807, 2.05) is 11.4 Å². The molecule has 0 saturated carbocycles. The molecule has 0 aliphatic rings. The normalized spacial score (nSPS) is 10.4. The summed E-state index contributed by atoms with van der Waals surface area (Å²) in [5.74, 6) is 1.32. The molecule has 0 radical (unpaired) electrons. The Morgan fingerprint density at radius 2 is 2.47 bits per heavy atom. The molecule has 5 nitrogen and oxygen atoms in total. The van der Waals surface area contributed by atoms with E-state index in [1.54, 1.807) is 18.3 Å². The van der Waals surface area contributed by atoms with Gasteiger partial charge in [0.05, 0.1) is 5.56 Å². The molecule has 2 aromatic heterocycles. The quantitative estimate of drug-likeness (QED) is 0.814. The Labute approximate surface area is 103 Å². The average molecular weight is 248 g/mol. The number of nitrogens with zero attached hydrogens (tertiary/aromatic N) is 3. The van der Waals surface area contributed by atoms with Crippen LogP contribution in [0.2, 0.25) is 0 Å². The first-order valence-corrected chi connectivity index (χ1v) is 6.13. The van der Waals surface area contributed by atoms with Crippen molar-refractivity contribution < 1.29 is 4.52 Å². The number of hydrogen-bond acceptors (Lipinski definition) is 6. The van der Waals surface area contributed by atoms with Gasteiger partial charge in [0.1, 0.15) is 6.07 Å². The molecular weight excluding hydrogens is 236 g/mol. The smallest absolute Gasteiger partial charge is 0.227 e. The van der Waals surface area contributed by atoms with Gasteiger partial charge in [-0.2, -0.15) is 10.2 Å². The van der Waals surface area contributed by atoms with Crippen molar-refractivity contribution in [2.75, 3.05) is 6.54 Å². The van der Waals surface area contributed by atoms with E-state index < -0.39 is 0 Å². The molecule has 0 aliphatic carbocycles. The number of thiophene rings is 1. The first kappa shape index (κ1) is 11.8. The zero-order valence-corrected chi connectivity index (χ0v) is 10.3. The molecular formula is C11H12N4OS. The summed E-state index contributed by atoms with van der Waals surface area (Å²) in [7, 11) is 0. The van der Waals surface area contributed by atoms with Crippen LogP contribution >= 0.6 is 11.3 Å². The first-order chi connectivity index (χ1) is 8.28. The molecule has 2 aromatic rings. The standard InChI is InChI=1S/C11H12N4OS/c1-8-14-11(16-15-8)2-3-13-6-10-4-9(5-12)7-17-10/h4,7,13H,2-3,6H2,1H3. The number of hydrogen-bond donors (Lipinski definition) is 1. The van der Waals surface area contributed by atoms with E-state index in [0.29, 0.717) is 11.7 Å². The highest BCUT2D eigenvalue weighted by Gasteiger charge is 2.02. The molecule has 0 bridgehead atoms. The summed E-state index contributed by atoms with van der Waals surface area (Å²) in [6.07, 6.45) is 0.720. The van der Waals surface area contributed by atoms with Crippen LogP contribution in [-0.4, -0.2) is 16.7 Å². The van der Waals surface area contributed by atoms with E-state index in [2.05, 4.69) is 21.5 Å². The number of aromatic nitrogens is 2. The van der Waals surface area contributed by atoms with Gasteiger partial charge in [0.2, 0.25) is 5.89 Å². The Morgan fingerprint density at radius 3 is 3.12 bits per heavy atom. The maximum atomic E-state index is 8.68. The van der Waals surface area contributed by atoms with Crippen LogP contribution in [0.3, 0.4) is 0 Å². The fourth-order valence-electron chi connectivity index (χ4n) is 1.38. The molecule has 6 heteroatoms. The highest BCUT2D eigenvalue weighted by Crippen LogP contribution is 2.13. The van der Waals surface area contributed by atoms with E-state index in [1.165, 1.54) is 0 Å². The van der Waals surface area contributed by atoms with Crippen LogP contribution in [0.5, 0.6) is 0 Å². The van der Waals surface area contributed by atoms with Gasteiger partial charge in [0.15, 0.2) is 5.82 Å². The van der Waals surface area contributed by atoms with Gasteiger partial charge in [0.25, 0.3) is 0 Å². The van der Waals surface area contributed by atoms with Gasteiger partial charge < -0.3 is 9.84 Å². The van der Waals surface area contributed by atoms with E-state index in [-0.39, 0.29) is 0 Å². The molecule has 88 valence electrons. The predicted octanol–water partition coefficient (Wildman–Crippen LogP) is 1.64. The second-order valence-corrected chi connectivity index (χ2v) is 4.57. The van der Waals surface area contributed by atoms with Crippen LogP contribution in [0.15, 0.2) is 16.0 Å². The maximum Gasteiger partial charge on any atom is 0.227 e. The summed E-state index contributed by atoms with van der Waals surface area (Å²) in [5.41, 5.74) is 0.722. The zero-order valence-electron chi connectivity index (χ0n) is 9.43. The fourth-order valence-corrected chi connectivity index (χ4v) is 2.16. The number of nitrogens with one attached hydrogen (secondary N) is 1. The minimum atomic E-state index is 0.652. The van der Waals surface area contributed by atoms with E-state index >= 15 is 0 Å². The number of aryl methyl sites for hydroxylation is 1. The van der Waals surface area contributed by atoms with Crippen molar-refractivity contribution >= 4 is 11.3 Å². The fraction of sp³-hybridized carbons (Fsp3) is 0.364. The lowest BCUT2D eigenvalue weighted by Crippen LogP contribution is -2.16. The molecule has 0 aliphatic heterocycles. The van der Waals surface area contributed by atoms with E-state index in [9.17, 15) is 0 Å². The van der Waals surface area contributed by atoms with Gasteiger partial charge in [-0.15, -0.1) is 11.3 Å². The zero-order chi connectivity index (χ0) is 12.1. The van der Waals surface area contributed by atoms with Crippen LogP contribution in [0, 0.1) is 18.3 Å². The second-order valence-electron chi connectivity index (χ2n) is 3.58. The minimum Gasteiger partial charge on any atom is -0.339 e. The summed E-state index contributed by atoms with van der Waals surface area (Å²) in [6, 6.07) is 4.01. The van der Waals surface area contributed by atoms with Crippen molar-refractivity contribution in [1.29, 1.82) is 5.26 Å². The Hall–Kier alpha value is -1.71. The third-order valence-electron chi connectivity index (χ3n) is 2.17. The third kappa shape index (κ3) is 3.37. The molecule has 17 heavy (non-hydrogen) atoms. The molecule has 0 unspecified atom stereocenters. The number of rotatable bonds is 5. The van der Waals surface area contributed by atoms with Crippen LogP contribution < -0.4 is 5.32 Å². The monoisotopic (exact) mass is 248 g/mol. The molecule has 0 amide bonds. The van der Waals surface area contributed by atoms with Gasteiger partial charge >= 0.3 is 0 Å². The highest BCUT2D eigenvalue weighted by molar-refractivity contribution is 7.10. The number of nitriles is 1. The van der Waals surface area contributed by atoms with Crippen molar-refractivity contribution in [1.82, 2.24) is 15.5 Å². The lowest BCUT2D eigenvalue weighted by molar-refractivity contribution is 0.372. The van der Waals surface area contributed by atoms with Crippen molar-refractivity contribution in [2.24, 2.45) is 0 Å². The molecule has 0 atom stereocenters. The highest BCUT2D eigenvalue weighted by atomic mass is 32.1. The van der Waals surface area contributed by atoms with Crippen LogP contribution in [0.4, 0.5) is 0 Å². The van der Waals surface area contributed by atoms with Gasteiger partial charge in [-0.05, 0) is 13.0 Å². The lowest BCUT2D eigenvalue weighted by atomic mass is 10.3. The average Bonchev–Trinajstić information content (AvgIpc) is 2.93. The van der Waals surface area contributed by atoms with Gasteiger partial charge in [0, 0.05) is 29.8 Å². The van der Waals surface area contributed by atoms with Crippen molar-refractivity contribution in [2.45, 2.75) is 19.9 Å². The van der Waals surface area contributed by atoms with Gasteiger partial charge in [-0.25, -0.2) is 0 Å². The Bertz CT molecular complexity index is 526. The lowest BCUT2D eigenvalue weighted by Gasteiger charge is -1.99. The second kappa shape index (κ2) is 5.57. The minimum absolute atomic E-state index is 0.652. The van der Waals surface area contributed by atoms with E-state index in [4.69, 9.17) is 9.78 Å². The Morgan fingerprint density at radius 1 is 1.59 bits per heavy atom. The summed E-state index contributed by atoms with van der Waals surface area (Å²) >= 11 is 1.59. The predicted molar refractivity (Wildman–Crippen MR) is 63.5 cm³/mol. The van der Waals surface area contributed by atoms with Gasteiger partial charge in [-0.3, -0.25) is 0 Å². The van der Waals surface area contributed by atoms with Gasteiger partial charge in [-0.1, -0.05) is 5.16 Å². The molecule has 0 fully saturated rings. The van der Waals surface area contributed by atoms with Crippen molar-refractivity contribution in [3.63, 3.8) is 0 Å². The topological polar surface area (TPSA) is 74.7 Å². The van der Waals surface area contributed by atoms with Crippen molar-refractivity contribution in [3.05, 3.63) is 33.6 Å². The summed E-state index contributed by atoms with van der Waals surface area (Å²) in [5, 5.41) is 17.5. The Balaban J connectivity index is 1.71. The largest absolute Gasteiger partial charge is 0.339 e. The molecule has 0 spiro atoms. The molecule has 2 rings (SSSR count). The SMILES string of the molecule is Cc1noc(CCNCc2cc(C#N)cs2)n1. The van der Waals surface area contributed by atoms with Crippen molar-refractivity contribution in [3.8, 4) is 6.07 Å². The van der Waals surface area contributed by atoms with Crippen LogP contribution in [-0.2, 0) is 13.0 Å². The maximum absolute atomic E-state index is 8.68. The van der Waals surface area contributed by atoms with Crippen LogP contribution in [0.25, 0.3) is 0 Å². The summed E-state index contributed by atoms with van der Waals surface area (Å²) in [6.45, 7) is 3.34. The van der Waals surface area contributed by atoms with Crippen LogP contribution in [0.1, 0.15) is 22.2 Å². The third-order valence-corrected chi connectivity index (χ3v) is 3.10. The molecule has 2 heterocycles. The first-order valence-electron chi connectivity index (χ1n) is 5.25. The molecule has 0 aromatic carbocycles. The van der Waals surface area contributed by atoms with E-state index in [0.717, 1.165) is 30.0 Å². The summed E-state index contributed by atoms with van der Waals surface area (Å²) < 4.78 is 5.00. The summed E-state index contributed by atoms with van der Waals surface area (Å²) in [4.78, 5) is 5.27.